The Labute approximate surface area is 587 Å². The van der Waals surface area contributed by atoms with Gasteiger partial charge in [0.2, 0.25) is 0 Å². The lowest BCUT2D eigenvalue weighted by Gasteiger charge is -2.32. The molecule has 12 aromatic rings. The molecule has 6 N–H and O–H groups in total. The van der Waals surface area contributed by atoms with Gasteiger partial charge in [-0.1, -0.05) is 54.6 Å². The Morgan fingerprint density at radius 3 is 1.48 bits per heavy atom. The van der Waals surface area contributed by atoms with E-state index >= 15 is 0 Å². The highest BCUT2D eigenvalue weighted by molar-refractivity contribution is 5.94. The average Bonchev–Trinajstić information content (AvgIpc) is 1.40. The van der Waals surface area contributed by atoms with Crippen molar-refractivity contribution in [2.45, 2.75) is 95.2 Å². The molecule has 0 spiro atoms. The normalized spacial score (nSPS) is 17.8. The molecule has 27 nitrogen and oxygen atoms in total. The molecule has 3 amide bonds. The van der Waals surface area contributed by atoms with Crippen LogP contribution in [0.15, 0.2) is 182 Å². The summed E-state index contributed by atoms with van der Waals surface area (Å²) in [5.74, 6) is 0.771. The highest BCUT2D eigenvalue weighted by atomic mass is 16.5. The van der Waals surface area contributed by atoms with E-state index in [1.165, 1.54) is 0 Å². The molecule has 2 saturated heterocycles. The Hall–Kier alpha value is -11.5. The smallest absolute Gasteiger partial charge is 0.270 e. The number of aliphatic hydroxyl groups is 3. The topological polar surface area (TPSA) is 333 Å². The summed E-state index contributed by atoms with van der Waals surface area (Å²) in [4.78, 5) is 61.7. The molecule has 0 unspecified atom stereocenters. The van der Waals surface area contributed by atoms with Crippen LogP contribution < -0.4 is 16.0 Å². The summed E-state index contributed by atoms with van der Waals surface area (Å²) in [6.45, 7) is 5.24. The first-order valence-corrected chi connectivity index (χ1v) is 33.7. The quantitative estimate of drug-likeness (QED) is 0.0492. The number of hydrogen-bond donors (Lipinski definition) is 6. The van der Waals surface area contributed by atoms with Gasteiger partial charge in [-0.3, -0.25) is 33.4 Å². The molecular formula is C75H78N18O9. The Bertz CT molecular complexity index is 4640. The minimum absolute atomic E-state index is 0.207. The van der Waals surface area contributed by atoms with E-state index in [0.717, 1.165) is 84.8 Å². The molecule has 27 heteroatoms. The minimum Gasteiger partial charge on any atom is -0.449 e. The molecule has 12 heterocycles. The summed E-state index contributed by atoms with van der Waals surface area (Å²) in [7, 11) is 5.63. The number of benzene rings is 2. The first kappa shape index (κ1) is 69.0. The van der Waals surface area contributed by atoms with Gasteiger partial charge < -0.3 is 45.2 Å². The summed E-state index contributed by atoms with van der Waals surface area (Å²) in [5.41, 5.74) is 14.9. The maximum atomic E-state index is 13.0. The molecule has 0 bridgehead atoms. The van der Waals surface area contributed by atoms with E-state index in [-0.39, 0.29) is 60.4 Å². The number of aliphatic hydroxyl groups excluding tert-OH is 3. The van der Waals surface area contributed by atoms with E-state index in [2.05, 4.69) is 90.6 Å². The monoisotopic (exact) mass is 1370 g/mol. The van der Waals surface area contributed by atoms with E-state index in [0.29, 0.717) is 80.7 Å². The van der Waals surface area contributed by atoms with E-state index in [1.807, 2.05) is 127 Å². The van der Waals surface area contributed by atoms with Crippen LogP contribution in [0.1, 0.15) is 102 Å². The SMILES string of the molecule is Cc1c(Cc2ccc(-c3ccn(C)n3)cc2)cc(C(=O)N[C@H]2CC[C@@H]2O)nc1-c1ccn(C)n1.Cc1nc(-c2ccc(Cc3cc(C(=O)N[C@H]4CCOC[C@@H]4O)nc(-n4cccn4)c3)cc2)co1.Cn1cc(-c2ccc(Cc3cc(C(=O)N[C@H]4CCOC[C@@H]4O)nc(-n4cccn4)c3)cn2)cn1. The Kier molecular flexibility index (Phi) is 21.2. The second kappa shape index (κ2) is 31.4. The Balaban J connectivity index is 0.000000137. The molecule has 522 valence electrons. The van der Waals surface area contributed by atoms with Crippen LogP contribution in [0, 0.1) is 13.8 Å². The fourth-order valence-electron chi connectivity index (χ4n) is 12.1. The number of carbonyl (C=O) groups is 3. The zero-order valence-electron chi connectivity index (χ0n) is 57.0. The molecule has 102 heavy (non-hydrogen) atoms. The van der Waals surface area contributed by atoms with Gasteiger partial charge in [0.15, 0.2) is 17.5 Å². The standard InChI is InChI=1S/C26H28N6O2.C25H25N5O4.C24H25N7O3/c1-16-19(14-17-4-6-18(7-5-17)20-10-12-31(2)29-20)15-23(26(34)28-21-8-9-24(21)33)27-25(16)22-11-13-32(3)30-22;1-16-27-22(14-34-16)19-5-3-17(4-6-19)11-18-12-21(28-24(13-18)30-9-2-8-26-30)25(32)29-20-7-10-33-15-23(20)31;1-30-14-18(13-27-30)19-4-3-16(12-25-19)9-17-10-21(28-23(11-17)31-7-2-6-26-31)24(33)29-20-5-8-34-15-22(20)32/h4-7,10-13,15,21,24,33H,8-9,14H2,1-3H3,(H,28,34);2-6,8-9,12-14,20,23,31H,7,10-11,15H2,1H3,(H,29,32);2-4,6-7,10-14,20,22,32H,5,8-9,15H2,1H3,(H,29,33)/t21-,24-;20-,23-;20-,22-/m000/s1. The van der Waals surface area contributed by atoms with E-state index in [9.17, 15) is 29.7 Å². The molecular weight excluding hydrogens is 1300 g/mol. The van der Waals surface area contributed by atoms with Crippen molar-refractivity contribution in [1.29, 1.82) is 0 Å². The highest BCUT2D eigenvalue weighted by Crippen LogP contribution is 2.29. The first-order valence-electron chi connectivity index (χ1n) is 33.7. The molecule has 0 radical (unpaired) electrons. The van der Waals surface area contributed by atoms with Gasteiger partial charge in [-0.2, -0.15) is 25.5 Å². The first-order chi connectivity index (χ1) is 49.5. The molecule has 6 atom stereocenters. The lowest BCUT2D eigenvalue weighted by Crippen LogP contribution is -2.50. The van der Waals surface area contributed by atoms with Gasteiger partial charge >= 0.3 is 0 Å². The Morgan fingerprint density at radius 1 is 0.490 bits per heavy atom. The van der Waals surface area contributed by atoms with Crippen LogP contribution in [0.25, 0.3) is 56.8 Å². The third-order valence-electron chi connectivity index (χ3n) is 18.0. The zero-order chi connectivity index (χ0) is 70.8. The molecule has 3 fully saturated rings. The minimum atomic E-state index is -0.740. The largest absolute Gasteiger partial charge is 0.449 e. The van der Waals surface area contributed by atoms with E-state index < -0.39 is 18.3 Å². The number of aromatic nitrogens is 15. The van der Waals surface area contributed by atoms with E-state index in [1.54, 1.807) is 84.9 Å². The van der Waals surface area contributed by atoms with Crippen molar-refractivity contribution in [1.82, 2.24) is 89.8 Å². The van der Waals surface area contributed by atoms with Crippen LogP contribution in [0.3, 0.4) is 0 Å². The lowest BCUT2D eigenvalue weighted by molar-refractivity contribution is -0.0261. The second-order valence-electron chi connectivity index (χ2n) is 25.6. The molecule has 1 aliphatic carbocycles. The van der Waals surface area contributed by atoms with Crippen molar-refractivity contribution < 1.29 is 43.6 Å². The van der Waals surface area contributed by atoms with Gasteiger partial charge in [-0.15, -0.1) is 0 Å². The van der Waals surface area contributed by atoms with Gasteiger partial charge in [-0.05, 0) is 151 Å². The number of oxazole rings is 1. The number of rotatable bonds is 18. The third-order valence-corrected chi connectivity index (χ3v) is 18.0. The molecule has 2 aromatic carbocycles. The van der Waals surface area contributed by atoms with Crippen LogP contribution >= 0.6 is 0 Å². The van der Waals surface area contributed by atoms with Crippen molar-refractivity contribution in [3.8, 4) is 56.8 Å². The van der Waals surface area contributed by atoms with Crippen LogP contribution in [-0.4, -0.2) is 170 Å². The highest BCUT2D eigenvalue weighted by Gasteiger charge is 2.32. The zero-order valence-corrected chi connectivity index (χ0v) is 57.0. The van der Waals surface area contributed by atoms with Crippen LogP contribution in [0.4, 0.5) is 0 Å². The van der Waals surface area contributed by atoms with Gasteiger partial charge in [-0.25, -0.2) is 29.3 Å². The molecule has 15 rings (SSSR count). The van der Waals surface area contributed by atoms with Crippen molar-refractivity contribution >= 4 is 17.7 Å². The maximum absolute atomic E-state index is 13.0. The summed E-state index contributed by atoms with van der Waals surface area (Å²) < 4.78 is 24.3. The number of amides is 3. The summed E-state index contributed by atoms with van der Waals surface area (Å²) in [5, 5.41) is 60.6. The number of ether oxygens (including phenoxy) is 2. The van der Waals surface area contributed by atoms with Crippen molar-refractivity contribution in [2.75, 3.05) is 26.4 Å². The third kappa shape index (κ3) is 17.0. The second-order valence-corrected chi connectivity index (χ2v) is 25.6. The van der Waals surface area contributed by atoms with Gasteiger partial charge in [0.05, 0.1) is 72.9 Å². The van der Waals surface area contributed by atoms with Crippen LogP contribution in [-0.2, 0) is 49.9 Å². The number of nitrogens with zero attached hydrogens (tertiary/aromatic N) is 15. The maximum Gasteiger partial charge on any atom is 0.270 e. The van der Waals surface area contributed by atoms with Crippen molar-refractivity contribution in [3.05, 3.63) is 239 Å². The summed E-state index contributed by atoms with van der Waals surface area (Å²) in [6, 6.07) is 36.1. The predicted molar refractivity (Wildman–Crippen MR) is 376 cm³/mol. The fraction of sp³-hybridized carbons (Fsp3) is 0.293. The van der Waals surface area contributed by atoms with E-state index in [4.69, 9.17) is 13.9 Å². The fourth-order valence-corrected chi connectivity index (χ4v) is 12.1. The van der Waals surface area contributed by atoms with Crippen molar-refractivity contribution in [2.24, 2.45) is 21.1 Å². The van der Waals surface area contributed by atoms with Crippen LogP contribution in [0.5, 0.6) is 0 Å². The van der Waals surface area contributed by atoms with Gasteiger partial charge in [0, 0.05) is 108 Å². The molecule has 10 aromatic heterocycles. The number of aryl methyl sites for hydroxylation is 4. The number of nitrogens with one attached hydrogen (secondary N) is 3. The average molecular weight is 1380 g/mol. The van der Waals surface area contributed by atoms with Gasteiger partial charge in [0.25, 0.3) is 17.7 Å². The number of hydrogen-bond acceptors (Lipinski definition) is 19. The molecule has 1 saturated carbocycles. The number of carbonyl (C=O) groups excluding carboxylic acids is 3. The summed E-state index contributed by atoms with van der Waals surface area (Å²) >= 11 is 0. The molecule has 3 aliphatic rings. The Morgan fingerprint density at radius 2 is 1.02 bits per heavy atom. The molecule has 2 aliphatic heterocycles. The van der Waals surface area contributed by atoms with Crippen molar-refractivity contribution in [3.63, 3.8) is 0 Å². The lowest BCUT2D eigenvalue weighted by atomic mass is 9.89. The van der Waals surface area contributed by atoms with Gasteiger partial charge in [0.1, 0.15) is 34.7 Å². The van der Waals surface area contributed by atoms with Crippen LogP contribution in [0.2, 0.25) is 0 Å². The summed E-state index contributed by atoms with van der Waals surface area (Å²) in [6.07, 6.45) is 20.3. The predicted octanol–water partition coefficient (Wildman–Crippen LogP) is 7.27. The number of pyridine rings is 4.